The largest absolute Gasteiger partial charge is 0.504 e. The number of nitrogens with one attached hydrogen (secondary N) is 2. The van der Waals surface area contributed by atoms with Gasteiger partial charge < -0.3 is 35.1 Å². The van der Waals surface area contributed by atoms with Crippen LogP contribution in [0.15, 0.2) is 18.2 Å². The van der Waals surface area contributed by atoms with Crippen LogP contribution in [-0.2, 0) is 30.3 Å². The maximum atomic E-state index is 15.0. The molecule has 0 bridgehead atoms. The molecule has 0 radical (unpaired) electrons. The van der Waals surface area contributed by atoms with E-state index in [0.29, 0.717) is 37.9 Å². The van der Waals surface area contributed by atoms with Crippen LogP contribution in [-0.4, -0.2) is 72.6 Å². The van der Waals surface area contributed by atoms with Crippen LogP contribution in [0.3, 0.4) is 0 Å². The number of amides is 1. The molecule has 10 nitrogen and oxygen atoms in total. The standard InChI is InChI=1S/C40H62N2O8/c1-4-5-11-30(12-10-23-43)33(49-28(2)44)25-35(38(19-21-41-22-20-38)26-29-14-15-32(45)34(24-29)48-3)50-37(47)40-18-7-6-13-31(40)27-39(36(46)42-40)16-8-9-17-39/h14-15,24,30-31,33,35,41,43,45H,4-13,16-23,25-27H2,1-3H3,(H,42,46)/t30-,31-,33+,35-,40-/m1/s1. The lowest BCUT2D eigenvalue weighted by Gasteiger charge is -2.52. The van der Waals surface area contributed by atoms with Crippen LogP contribution in [0.5, 0.6) is 11.5 Å². The summed E-state index contributed by atoms with van der Waals surface area (Å²) >= 11 is 0. The number of hydrogen-bond donors (Lipinski definition) is 4. The molecule has 2 saturated heterocycles. The van der Waals surface area contributed by atoms with E-state index in [-0.39, 0.29) is 47.5 Å². The number of ether oxygens (including phenoxy) is 3. The lowest BCUT2D eigenvalue weighted by molar-refractivity contribution is -0.182. The van der Waals surface area contributed by atoms with Crippen molar-refractivity contribution in [2.24, 2.45) is 22.7 Å². The zero-order chi connectivity index (χ0) is 35.8. The number of aliphatic hydroxyl groups excluding tert-OH is 1. The number of fused-ring (bicyclic) bond motifs is 1. The van der Waals surface area contributed by atoms with Gasteiger partial charge >= 0.3 is 11.9 Å². The highest BCUT2D eigenvalue weighted by molar-refractivity contribution is 5.93. The second kappa shape index (κ2) is 17.1. The Kier molecular flexibility index (Phi) is 13.1. The summed E-state index contributed by atoms with van der Waals surface area (Å²) in [5, 5.41) is 27.0. The van der Waals surface area contributed by atoms with E-state index in [1.165, 1.54) is 14.0 Å². The van der Waals surface area contributed by atoms with E-state index in [1.807, 2.05) is 12.1 Å². The third-order valence-electron chi connectivity index (χ3n) is 12.7. The number of rotatable bonds is 16. The number of unbranched alkanes of at least 4 members (excludes halogenated alkanes) is 1. The van der Waals surface area contributed by atoms with Crippen molar-refractivity contribution >= 4 is 17.8 Å². The van der Waals surface area contributed by atoms with Crippen LogP contribution in [0.2, 0.25) is 0 Å². The van der Waals surface area contributed by atoms with Gasteiger partial charge in [-0.3, -0.25) is 9.59 Å². The summed E-state index contributed by atoms with van der Waals surface area (Å²) < 4.78 is 18.5. The number of piperidine rings is 2. The number of phenolic OH excluding ortho intramolecular Hbond substituents is 1. The van der Waals surface area contributed by atoms with Gasteiger partial charge in [-0.25, -0.2) is 4.79 Å². The Morgan fingerprint density at radius 2 is 1.72 bits per heavy atom. The summed E-state index contributed by atoms with van der Waals surface area (Å²) in [6, 6.07) is 5.39. The van der Waals surface area contributed by atoms with E-state index < -0.39 is 23.2 Å². The second-order valence-corrected chi connectivity index (χ2v) is 15.9. The van der Waals surface area contributed by atoms with Crippen molar-refractivity contribution < 1.29 is 38.8 Å². The Morgan fingerprint density at radius 1 is 1.00 bits per heavy atom. The molecule has 1 aromatic rings. The molecule has 1 aromatic carbocycles. The SMILES string of the molecule is CCCC[C@H](CCCO)[C@H](C[C@@H](OC(=O)[C@@]12CCCC[C@@H]1CC1(CCCC1)C(=O)N2)C1(Cc2ccc(O)c(OC)c2)CCNCC1)OC(C)=O. The van der Waals surface area contributed by atoms with E-state index >= 15 is 0 Å². The third kappa shape index (κ3) is 8.43. The summed E-state index contributed by atoms with van der Waals surface area (Å²) in [6.07, 6.45) is 13.2. The Hall–Kier alpha value is -2.85. The first-order valence-electron chi connectivity index (χ1n) is 19.5. The van der Waals surface area contributed by atoms with Crippen molar-refractivity contribution in [3.05, 3.63) is 23.8 Å². The molecular weight excluding hydrogens is 636 g/mol. The molecule has 50 heavy (non-hydrogen) atoms. The summed E-state index contributed by atoms with van der Waals surface area (Å²) in [7, 11) is 1.53. The van der Waals surface area contributed by atoms with Crippen LogP contribution in [0.1, 0.15) is 129 Å². The van der Waals surface area contributed by atoms with Gasteiger partial charge in [-0.2, -0.15) is 0 Å². The fourth-order valence-corrected chi connectivity index (χ4v) is 9.92. The number of aliphatic hydroxyl groups is 1. The third-order valence-corrected chi connectivity index (χ3v) is 12.7. The number of benzene rings is 1. The molecule has 0 aromatic heterocycles. The minimum atomic E-state index is -1.06. The number of esters is 2. The van der Waals surface area contributed by atoms with Gasteiger partial charge in [0.2, 0.25) is 5.91 Å². The number of carbonyl (C=O) groups is 3. The van der Waals surface area contributed by atoms with Gasteiger partial charge in [0.25, 0.3) is 0 Å². The highest BCUT2D eigenvalue weighted by Gasteiger charge is 2.60. The fraction of sp³-hybridized carbons (Fsp3) is 0.775. The van der Waals surface area contributed by atoms with Gasteiger partial charge in [0.15, 0.2) is 11.5 Å². The predicted octanol–water partition coefficient (Wildman–Crippen LogP) is 6.13. The van der Waals surface area contributed by atoms with Crippen molar-refractivity contribution in [2.75, 3.05) is 26.8 Å². The quantitative estimate of drug-likeness (QED) is 0.150. The Balaban J connectivity index is 1.54. The zero-order valence-electron chi connectivity index (χ0n) is 30.7. The van der Waals surface area contributed by atoms with Crippen molar-refractivity contribution in [1.82, 2.24) is 10.6 Å². The summed E-state index contributed by atoms with van der Waals surface area (Å²) in [6.45, 7) is 5.09. The molecule has 280 valence electrons. The molecule has 4 fully saturated rings. The highest BCUT2D eigenvalue weighted by atomic mass is 16.6. The first-order chi connectivity index (χ1) is 24.1. The molecule has 4 N–H and O–H groups in total. The summed E-state index contributed by atoms with van der Waals surface area (Å²) in [4.78, 5) is 41.6. The van der Waals surface area contributed by atoms with Crippen molar-refractivity contribution in [3.63, 3.8) is 0 Å². The van der Waals surface area contributed by atoms with E-state index in [2.05, 4.69) is 17.6 Å². The molecule has 2 saturated carbocycles. The molecular formula is C40H62N2O8. The van der Waals surface area contributed by atoms with Crippen molar-refractivity contribution in [3.8, 4) is 11.5 Å². The number of hydrogen-bond acceptors (Lipinski definition) is 9. The molecule has 5 rings (SSSR count). The maximum absolute atomic E-state index is 15.0. The van der Waals surface area contributed by atoms with Gasteiger partial charge in [0.05, 0.1) is 7.11 Å². The van der Waals surface area contributed by atoms with Gasteiger partial charge in [-0.15, -0.1) is 0 Å². The molecule has 2 heterocycles. The molecule has 1 amide bonds. The first-order valence-corrected chi connectivity index (χ1v) is 19.5. The monoisotopic (exact) mass is 698 g/mol. The van der Waals surface area contributed by atoms with Crippen molar-refractivity contribution in [2.45, 2.75) is 147 Å². The minimum absolute atomic E-state index is 0.00284. The normalized spacial score (nSPS) is 25.9. The Morgan fingerprint density at radius 3 is 2.40 bits per heavy atom. The van der Waals surface area contributed by atoms with E-state index in [1.54, 1.807) is 6.07 Å². The van der Waals surface area contributed by atoms with E-state index in [9.17, 15) is 24.6 Å². The molecule has 1 spiro atoms. The smallest absolute Gasteiger partial charge is 0.332 e. The predicted molar refractivity (Wildman–Crippen MR) is 191 cm³/mol. The molecule has 0 unspecified atom stereocenters. The topological polar surface area (TPSA) is 143 Å². The fourth-order valence-electron chi connectivity index (χ4n) is 9.92. The van der Waals surface area contributed by atoms with Crippen LogP contribution in [0, 0.1) is 22.7 Å². The number of carbonyl (C=O) groups excluding carboxylic acids is 3. The molecule has 5 atom stereocenters. The number of methoxy groups -OCH3 is 1. The Bertz CT molecular complexity index is 1300. The van der Waals surface area contributed by atoms with Gasteiger partial charge in [0, 0.05) is 30.8 Å². The lowest BCUT2D eigenvalue weighted by Crippen LogP contribution is -2.68. The summed E-state index contributed by atoms with van der Waals surface area (Å²) in [5.41, 5.74) is -0.997. The van der Waals surface area contributed by atoms with Crippen LogP contribution in [0.25, 0.3) is 0 Å². The second-order valence-electron chi connectivity index (χ2n) is 15.9. The molecule has 4 aliphatic rings. The molecule has 2 aliphatic carbocycles. The zero-order valence-corrected chi connectivity index (χ0v) is 30.7. The number of aromatic hydroxyl groups is 1. The average Bonchev–Trinajstić information content (AvgIpc) is 3.58. The molecule has 2 aliphatic heterocycles. The minimum Gasteiger partial charge on any atom is -0.504 e. The number of phenols is 1. The van der Waals surface area contributed by atoms with Crippen LogP contribution < -0.4 is 15.4 Å². The van der Waals surface area contributed by atoms with Gasteiger partial charge in [0.1, 0.15) is 17.7 Å². The highest BCUT2D eigenvalue weighted by Crippen LogP contribution is 2.53. The van der Waals surface area contributed by atoms with Gasteiger partial charge in [-0.05, 0) is 113 Å². The average molecular weight is 699 g/mol. The van der Waals surface area contributed by atoms with Crippen LogP contribution >= 0.6 is 0 Å². The van der Waals surface area contributed by atoms with Crippen molar-refractivity contribution in [1.29, 1.82) is 0 Å². The lowest BCUT2D eigenvalue weighted by atomic mass is 9.61. The molecule has 10 heteroatoms. The van der Waals surface area contributed by atoms with E-state index in [0.717, 1.165) is 102 Å². The Labute approximate surface area is 298 Å². The first kappa shape index (κ1) is 38.4. The van der Waals surface area contributed by atoms with E-state index in [4.69, 9.17) is 14.2 Å². The maximum Gasteiger partial charge on any atom is 0.332 e. The van der Waals surface area contributed by atoms with Crippen LogP contribution in [0.4, 0.5) is 0 Å². The van der Waals surface area contributed by atoms with Gasteiger partial charge in [-0.1, -0.05) is 51.5 Å². The summed E-state index contributed by atoms with van der Waals surface area (Å²) in [5.74, 6) is -0.246.